The molecule has 1 aliphatic rings. The van der Waals surface area contributed by atoms with E-state index in [0.717, 1.165) is 11.6 Å². The summed E-state index contributed by atoms with van der Waals surface area (Å²) in [7, 11) is 2.22. The van der Waals surface area contributed by atoms with Gasteiger partial charge in [0.05, 0.1) is 0 Å². The van der Waals surface area contributed by atoms with Gasteiger partial charge in [-0.25, -0.2) is 0 Å². The smallest absolute Gasteiger partial charge is 0.0406 e. The Morgan fingerprint density at radius 2 is 2.05 bits per heavy atom. The van der Waals surface area contributed by atoms with E-state index in [1.54, 1.807) is 0 Å². The maximum absolute atomic E-state index is 6.14. The Balaban J connectivity index is 2.22. The second-order valence-electron chi connectivity index (χ2n) is 5.94. The number of rotatable bonds is 4. The monoisotopic (exact) mass is 280 g/mol. The quantitative estimate of drug-likeness (QED) is 0.908. The second kappa shape index (κ2) is 5.82. The minimum Gasteiger partial charge on any atom is -0.329 e. The fraction of sp³-hybridized carbons (Fsp3) is 0.625. The molecule has 2 N–H and O–H groups in total. The van der Waals surface area contributed by atoms with E-state index < -0.39 is 0 Å². The molecule has 0 aliphatic heterocycles. The number of halogens is 1. The third-order valence-electron chi connectivity index (χ3n) is 5.15. The molecule has 0 heterocycles. The van der Waals surface area contributed by atoms with Gasteiger partial charge in [-0.3, -0.25) is 4.90 Å². The average molecular weight is 281 g/mol. The van der Waals surface area contributed by atoms with E-state index in [2.05, 4.69) is 37.9 Å². The van der Waals surface area contributed by atoms with Crippen molar-refractivity contribution in [2.75, 3.05) is 13.6 Å². The van der Waals surface area contributed by atoms with E-state index in [0.29, 0.717) is 12.0 Å². The van der Waals surface area contributed by atoms with Crippen LogP contribution in [0.25, 0.3) is 0 Å². The summed E-state index contributed by atoms with van der Waals surface area (Å²) in [6, 6.07) is 8.53. The number of nitrogens with zero attached hydrogens (tertiary/aromatic N) is 1. The molecule has 1 aromatic carbocycles. The van der Waals surface area contributed by atoms with Gasteiger partial charge in [0.1, 0.15) is 0 Å². The Morgan fingerprint density at radius 3 is 2.53 bits per heavy atom. The molecule has 1 fully saturated rings. The first kappa shape index (κ1) is 14.8. The third-order valence-corrected chi connectivity index (χ3v) is 5.41. The van der Waals surface area contributed by atoms with Gasteiger partial charge in [0.15, 0.2) is 0 Å². The summed E-state index contributed by atoms with van der Waals surface area (Å²) >= 11 is 5.97. The maximum Gasteiger partial charge on any atom is 0.0406 e. The first-order valence-electron chi connectivity index (χ1n) is 7.20. The van der Waals surface area contributed by atoms with E-state index in [4.69, 9.17) is 17.3 Å². The number of hydrogen-bond acceptors (Lipinski definition) is 2. The first-order valence-corrected chi connectivity index (χ1v) is 7.57. The van der Waals surface area contributed by atoms with E-state index in [-0.39, 0.29) is 5.54 Å². The molecule has 3 atom stereocenters. The van der Waals surface area contributed by atoms with Gasteiger partial charge in [-0.05, 0) is 50.4 Å². The van der Waals surface area contributed by atoms with Gasteiger partial charge in [0, 0.05) is 23.1 Å². The molecule has 0 aromatic heterocycles. The predicted molar refractivity (Wildman–Crippen MR) is 82.4 cm³/mol. The van der Waals surface area contributed by atoms with Crippen LogP contribution in [0, 0.1) is 5.92 Å². The van der Waals surface area contributed by atoms with Crippen LogP contribution in [-0.4, -0.2) is 24.0 Å². The molecule has 1 aromatic rings. The zero-order valence-electron chi connectivity index (χ0n) is 12.2. The molecule has 0 radical (unpaired) electrons. The van der Waals surface area contributed by atoms with Crippen LogP contribution in [0.2, 0.25) is 5.02 Å². The molecule has 0 bridgehead atoms. The lowest BCUT2D eigenvalue weighted by Crippen LogP contribution is -2.54. The van der Waals surface area contributed by atoms with Crippen LogP contribution in [0.1, 0.15) is 44.7 Å². The highest BCUT2D eigenvalue weighted by Crippen LogP contribution is 2.42. The van der Waals surface area contributed by atoms with Crippen molar-refractivity contribution in [3.8, 4) is 0 Å². The second-order valence-corrected chi connectivity index (χ2v) is 6.38. The van der Waals surface area contributed by atoms with Crippen LogP contribution in [0.4, 0.5) is 0 Å². The molecule has 0 saturated heterocycles. The Hall–Kier alpha value is -0.570. The van der Waals surface area contributed by atoms with E-state index in [9.17, 15) is 0 Å². The number of nitrogens with two attached hydrogens (primary N) is 1. The Kier molecular flexibility index (Phi) is 4.54. The van der Waals surface area contributed by atoms with Crippen LogP contribution in [0.3, 0.4) is 0 Å². The standard InChI is InChI=1S/C16H25ClN2/c1-12-5-4-10-16(12,11-18)19(3)13(2)14-6-8-15(17)9-7-14/h6-9,12-13H,4-5,10-11,18H2,1-3H3. The van der Waals surface area contributed by atoms with Gasteiger partial charge < -0.3 is 5.73 Å². The van der Waals surface area contributed by atoms with Gasteiger partial charge in [-0.2, -0.15) is 0 Å². The van der Waals surface area contributed by atoms with Crippen molar-refractivity contribution in [1.29, 1.82) is 0 Å². The zero-order valence-corrected chi connectivity index (χ0v) is 13.0. The zero-order chi connectivity index (χ0) is 14.0. The minimum atomic E-state index is 0.152. The van der Waals surface area contributed by atoms with Crippen LogP contribution >= 0.6 is 11.6 Å². The van der Waals surface area contributed by atoms with Crippen molar-refractivity contribution < 1.29 is 0 Å². The van der Waals surface area contributed by atoms with Crippen molar-refractivity contribution in [1.82, 2.24) is 4.90 Å². The van der Waals surface area contributed by atoms with Gasteiger partial charge in [-0.1, -0.05) is 37.1 Å². The molecule has 3 unspecified atom stereocenters. The van der Waals surface area contributed by atoms with Crippen LogP contribution in [-0.2, 0) is 0 Å². The molecule has 1 aliphatic carbocycles. The lowest BCUT2D eigenvalue weighted by atomic mass is 9.85. The summed E-state index contributed by atoms with van der Waals surface area (Å²) in [4.78, 5) is 2.48. The van der Waals surface area contributed by atoms with Crippen molar-refractivity contribution in [2.24, 2.45) is 11.7 Å². The highest BCUT2D eigenvalue weighted by Gasteiger charge is 2.43. The number of likely N-dealkylation sites (N-methyl/N-ethyl adjacent to an activating group) is 1. The molecule has 0 spiro atoms. The highest BCUT2D eigenvalue weighted by molar-refractivity contribution is 6.30. The lowest BCUT2D eigenvalue weighted by Gasteiger charge is -2.45. The van der Waals surface area contributed by atoms with Crippen LogP contribution in [0.5, 0.6) is 0 Å². The summed E-state index contributed by atoms with van der Waals surface area (Å²) in [5.74, 6) is 0.664. The number of hydrogen-bond donors (Lipinski definition) is 1. The summed E-state index contributed by atoms with van der Waals surface area (Å²) in [6.07, 6.45) is 3.78. The van der Waals surface area contributed by atoms with Crippen LogP contribution in [0.15, 0.2) is 24.3 Å². The first-order chi connectivity index (χ1) is 9.01. The fourth-order valence-corrected chi connectivity index (χ4v) is 3.68. The average Bonchev–Trinajstić information content (AvgIpc) is 2.80. The Labute approximate surface area is 121 Å². The number of benzene rings is 1. The normalized spacial score (nSPS) is 28.8. The van der Waals surface area contributed by atoms with Gasteiger partial charge in [0.25, 0.3) is 0 Å². The summed E-state index contributed by atoms with van der Waals surface area (Å²) in [5, 5.41) is 0.793. The maximum atomic E-state index is 6.14. The molecule has 2 nitrogen and oxygen atoms in total. The molecule has 2 rings (SSSR count). The highest BCUT2D eigenvalue weighted by atomic mass is 35.5. The molecule has 19 heavy (non-hydrogen) atoms. The third kappa shape index (κ3) is 2.67. The Morgan fingerprint density at radius 1 is 1.42 bits per heavy atom. The summed E-state index contributed by atoms with van der Waals surface area (Å²) < 4.78 is 0. The van der Waals surface area contributed by atoms with Gasteiger partial charge in [0.2, 0.25) is 0 Å². The molecule has 3 heteroatoms. The lowest BCUT2D eigenvalue weighted by molar-refractivity contribution is 0.0554. The SMILES string of the molecule is CC(c1ccc(Cl)cc1)N(C)C1(CN)CCCC1C. The molecular weight excluding hydrogens is 256 g/mol. The summed E-state index contributed by atoms with van der Waals surface area (Å²) in [5.41, 5.74) is 7.59. The van der Waals surface area contributed by atoms with E-state index >= 15 is 0 Å². The molecular formula is C16H25ClN2. The van der Waals surface area contributed by atoms with Gasteiger partial charge >= 0.3 is 0 Å². The topological polar surface area (TPSA) is 29.3 Å². The van der Waals surface area contributed by atoms with Crippen molar-refractivity contribution in [3.05, 3.63) is 34.9 Å². The van der Waals surface area contributed by atoms with E-state index in [1.165, 1.54) is 24.8 Å². The molecule has 106 valence electrons. The fourth-order valence-electron chi connectivity index (χ4n) is 3.55. The van der Waals surface area contributed by atoms with Gasteiger partial charge in [-0.15, -0.1) is 0 Å². The van der Waals surface area contributed by atoms with Crippen molar-refractivity contribution in [3.63, 3.8) is 0 Å². The van der Waals surface area contributed by atoms with Crippen LogP contribution < -0.4 is 5.73 Å². The molecule has 1 saturated carbocycles. The van der Waals surface area contributed by atoms with Crippen molar-refractivity contribution >= 4 is 11.6 Å². The van der Waals surface area contributed by atoms with Crippen molar-refractivity contribution in [2.45, 2.75) is 44.7 Å². The van der Waals surface area contributed by atoms with E-state index in [1.807, 2.05) is 12.1 Å². The largest absolute Gasteiger partial charge is 0.329 e. The minimum absolute atomic E-state index is 0.152. The Bertz CT molecular complexity index is 417. The summed E-state index contributed by atoms with van der Waals surface area (Å²) in [6.45, 7) is 5.33. The molecule has 0 amide bonds. The predicted octanol–water partition coefficient (Wildman–Crippen LogP) is 3.85.